The van der Waals surface area contributed by atoms with Gasteiger partial charge in [0.1, 0.15) is 0 Å². The first-order chi connectivity index (χ1) is 13.5. The highest BCUT2D eigenvalue weighted by Gasteiger charge is 2.10. The van der Waals surface area contributed by atoms with Gasteiger partial charge in [-0.2, -0.15) is 5.10 Å². The van der Waals surface area contributed by atoms with E-state index in [-0.39, 0.29) is 5.02 Å². The Morgan fingerprint density at radius 2 is 1.93 bits per heavy atom. The number of hydrogen-bond acceptors (Lipinski definition) is 4. The molecule has 28 heavy (non-hydrogen) atoms. The van der Waals surface area contributed by atoms with Crippen LogP contribution in [0.4, 0.5) is 0 Å². The van der Waals surface area contributed by atoms with Crippen LogP contribution in [0.3, 0.4) is 0 Å². The predicted molar refractivity (Wildman–Crippen MR) is 114 cm³/mol. The lowest BCUT2D eigenvalue weighted by Gasteiger charge is -2.11. The number of ether oxygens (including phenoxy) is 2. The first-order valence-electron chi connectivity index (χ1n) is 9.14. The molecule has 0 aliphatic heterocycles. The molecule has 0 atom stereocenters. The number of nitrogens with zero attached hydrogens (tertiary/aromatic N) is 1. The van der Waals surface area contributed by atoms with Crippen LogP contribution in [0, 0.1) is 0 Å². The fourth-order valence-electron chi connectivity index (χ4n) is 2.49. The van der Waals surface area contributed by atoms with Gasteiger partial charge in [0.2, 0.25) is 0 Å². The van der Waals surface area contributed by atoms with Gasteiger partial charge in [0, 0.05) is 5.02 Å². The third-order valence-electron chi connectivity index (χ3n) is 4.00. The molecule has 0 saturated heterocycles. The largest absolute Gasteiger partial charge is 0.493 e. The van der Waals surface area contributed by atoms with Crippen LogP contribution in [0.1, 0.15) is 48.5 Å². The smallest absolute Gasteiger partial charge is 0.272 e. The second-order valence-electron chi connectivity index (χ2n) is 6.14. The van der Waals surface area contributed by atoms with Crippen molar-refractivity contribution < 1.29 is 14.3 Å². The van der Waals surface area contributed by atoms with E-state index in [2.05, 4.69) is 17.5 Å². The highest BCUT2D eigenvalue weighted by Crippen LogP contribution is 2.28. The van der Waals surface area contributed by atoms with Crippen LogP contribution in [0.15, 0.2) is 41.5 Å². The maximum Gasteiger partial charge on any atom is 0.272 e. The van der Waals surface area contributed by atoms with Crippen molar-refractivity contribution in [2.45, 2.75) is 32.6 Å². The van der Waals surface area contributed by atoms with Crippen molar-refractivity contribution in [2.24, 2.45) is 5.10 Å². The van der Waals surface area contributed by atoms with Crippen LogP contribution in [0.2, 0.25) is 10.0 Å². The topological polar surface area (TPSA) is 59.9 Å². The summed E-state index contributed by atoms with van der Waals surface area (Å²) in [6.07, 6.45) is 6.09. The summed E-state index contributed by atoms with van der Waals surface area (Å²) in [5, 5.41) is 4.70. The second kappa shape index (κ2) is 11.6. The van der Waals surface area contributed by atoms with Crippen LogP contribution in [-0.4, -0.2) is 25.8 Å². The summed E-state index contributed by atoms with van der Waals surface area (Å²) in [7, 11) is 1.59. The number of amides is 1. The molecule has 0 aromatic heterocycles. The molecule has 0 aliphatic rings. The van der Waals surface area contributed by atoms with Gasteiger partial charge in [0.05, 0.1) is 30.5 Å². The number of nitrogens with one attached hydrogen (secondary N) is 1. The molecule has 0 fully saturated rings. The van der Waals surface area contributed by atoms with Crippen molar-refractivity contribution in [3.05, 3.63) is 57.6 Å². The zero-order valence-corrected chi connectivity index (χ0v) is 17.5. The van der Waals surface area contributed by atoms with Crippen LogP contribution in [0.5, 0.6) is 11.5 Å². The zero-order chi connectivity index (χ0) is 20.4. The van der Waals surface area contributed by atoms with Crippen LogP contribution >= 0.6 is 23.2 Å². The van der Waals surface area contributed by atoms with Crippen LogP contribution in [0.25, 0.3) is 0 Å². The first kappa shape index (κ1) is 22.1. The molecule has 2 aromatic rings. The van der Waals surface area contributed by atoms with Gasteiger partial charge in [-0.25, -0.2) is 5.43 Å². The molecule has 2 aromatic carbocycles. The number of benzene rings is 2. The van der Waals surface area contributed by atoms with E-state index >= 15 is 0 Å². The fourth-order valence-corrected chi connectivity index (χ4v) is 2.99. The molecule has 7 heteroatoms. The van der Waals surface area contributed by atoms with Gasteiger partial charge in [0.15, 0.2) is 11.5 Å². The van der Waals surface area contributed by atoms with Crippen molar-refractivity contribution >= 4 is 35.3 Å². The quantitative estimate of drug-likeness (QED) is 0.302. The molecule has 0 spiro atoms. The number of carbonyl (C=O) groups is 1. The number of halogens is 2. The maximum absolute atomic E-state index is 12.1. The monoisotopic (exact) mass is 422 g/mol. The molecule has 0 aliphatic carbocycles. The Morgan fingerprint density at radius 3 is 2.64 bits per heavy atom. The normalized spacial score (nSPS) is 10.9. The Bertz CT molecular complexity index is 825. The Balaban J connectivity index is 1.94. The fraction of sp³-hybridized carbons (Fsp3) is 0.333. The highest BCUT2D eigenvalue weighted by atomic mass is 35.5. The second-order valence-corrected chi connectivity index (χ2v) is 6.99. The maximum atomic E-state index is 12.1. The number of unbranched alkanes of at least 4 members (excludes halogenated alkanes) is 3. The summed E-state index contributed by atoms with van der Waals surface area (Å²) in [4.78, 5) is 12.1. The third kappa shape index (κ3) is 6.73. The molecule has 2 rings (SSSR count). The van der Waals surface area contributed by atoms with E-state index in [0.717, 1.165) is 18.4 Å². The number of hydrazone groups is 1. The summed E-state index contributed by atoms with van der Waals surface area (Å²) < 4.78 is 11.2. The van der Waals surface area contributed by atoms with E-state index in [1.54, 1.807) is 25.3 Å². The summed E-state index contributed by atoms with van der Waals surface area (Å²) in [5.74, 6) is 0.886. The minimum atomic E-state index is -0.420. The molecule has 1 N–H and O–H groups in total. The molecule has 0 bridgehead atoms. The van der Waals surface area contributed by atoms with E-state index in [4.69, 9.17) is 32.7 Å². The lowest BCUT2D eigenvalue weighted by molar-refractivity contribution is 0.0955. The summed E-state index contributed by atoms with van der Waals surface area (Å²) >= 11 is 11.9. The Labute approximate surface area is 175 Å². The van der Waals surface area contributed by atoms with Crippen molar-refractivity contribution in [3.63, 3.8) is 0 Å². The lowest BCUT2D eigenvalue weighted by atomic mass is 10.2. The van der Waals surface area contributed by atoms with E-state index < -0.39 is 5.91 Å². The average molecular weight is 423 g/mol. The minimum Gasteiger partial charge on any atom is -0.493 e. The number of carbonyl (C=O) groups excluding carboxylic acids is 1. The summed E-state index contributed by atoms with van der Waals surface area (Å²) in [6, 6.07) is 10.1. The molecule has 0 unspecified atom stereocenters. The summed E-state index contributed by atoms with van der Waals surface area (Å²) in [5.41, 5.74) is 3.51. The highest BCUT2D eigenvalue weighted by molar-refractivity contribution is 6.36. The first-order valence-corrected chi connectivity index (χ1v) is 9.90. The van der Waals surface area contributed by atoms with Gasteiger partial charge < -0.3 is 9.47 Å². The third-order valence-corrected chi connectivity index (χ3v) is 4.55. The Morgan fingerprint density at radius 1 is 1.11 bits per heavy atom. The molecule has 0 saturated carbocycles. The summed E-state index contributed by atoms with van der Waals surface area (Å²) in [6.45, 7) is 2.83. The van der Waals surface area contributed by atoms with Gasteiger partial charge in [-0.1, -0.05) is 49.4 Å². The molecule has 1 amide bonds. The molecule has 0 heterocycles. The molecular weight excluding hydrogens is 399 g/mol. The molecule has 5 nitrogen and oxygen atoms in total. The van der Waals surface area contributed by atoms with Gasteiger partial charge in [-0.15, -0.1) is 0 Å². The van der Waals surface area contributed by atoms with Gasteiger partial charge in [-0.3, -0.25) is 4.79 Å². The van der Waals surface area contributed by atoms with Crippen molar-refractivity contribution in [1.29, 1.82) is 0 Å². The van der Waals surface area contributed by atoms with Crippen LogP contribution < -0.4 is 14.9 Å². The predicted octanol–water partition coefficient (Wildman–Crippen LogP) is 5.73. The van der Waals surface area contributed by atoms with Gasteiger partial charge in [-0.05, 0) is 48.4 Å². The van der Waals surface area contributed by atoms with Crippen molar-refractivity contribution in [3.8, 4) is 11.5 Å². The van der Waals surface area contributed by atoms with E-state index in [0.29, 0.717) is 28.7 Å². The van der Waals surface area contributed by atoms with Gasteiger partial charge in [0.25, 0.3) is 5.91 Å². The number of methoxy groups -OCH3 is 1. The lowest BCUT2D eigenvalue weighted by Crippen LogP contribution is -2.18. The Kier molecular flexibility index (Phi) is 9.11. The Hall–Kier alpha value is -2.24. The number of rotatable bonds is 10. The zero-order valence-electron chi connectivity index (χ0n) is 16.0. The van der Waals surface area contributed by atoms with E-state index in [1.807, 2.05) is 12.1 Å². The molecule has 0 radical (unpaired) electrons. The average Bonchev–Trinajstić information content (AvgIpc) is 2.68. The van der Waals surface area contributed by atoms with E-state index in [9.17, 15) is 4.79 Å². The SMILES string of the molecule is CCCCCCOc1ccc(/C=N/NC(=O)c2ccc(Cl)cc2Cl)cc1OC. The van der Waals surface area contributed by atoms with Crippen LogP contribution in [-0.2, 0) is 0 Å². The van der Waals surface area contributed by atoms with E-state index in [1.165, 1.54) is 25.1 Å². The molecule has 150 valence electrons. The van der Waals surface area contributed by atoms with Crippen molar-refractivity contribution in [2.75, 3.05) is 13.7 Å². The standard InChI is InChI=1S/C21H24Cl2N2O3/c1-3-4-5-6-11-28-19-10-7-15(12-20(19)27-2)14-24-25-21(26)17-9-8-16(22)13-18(17)23/h7-10,12-14H,3-6,11H2,1-2H3,(H,25,26)/b24-14+. The van der Waals surface area contributed by atoms with Gasteiger partial charge >= 0.3 is 0 Å². The minimum absolute atomic E-state index is 0.266. The van der Waals surface area contributed by atoms with Crippen molar-refractivity contribution in [1.82, 2.24) is 5.43 Å². The number of hydrogen-bond donors (Lipinski definition) is 1. The molecular formula is C21H24Cl2N2O3.